The van der Waals surface area contributed by atoms with Crippen LogP contribution in [0.3, 0.4) is 0 Å². The number of nitrogens with one attached hydrogen (secondary N) is 1. The van der Waals surface area contributed by atoms with E-state index in [1.54, 1.807) is 0 Å². The van der Waals surface area contributed by atoms with Gasteiger partial charge in [0.1, 0.15) is 12.4 Å². The van der Waals surface area contributed by atoms with E-state index < -0.39 is 0 Å². The molecule has 6 nitrogen and oxygen atoms in total. The van der Waals surface area contributed by atoms with Crippen LogP contribution < -0.4 is 10.1 Å². The standard InChI is InChI=1S/C28H36N2O4/c1-2-26(30-34-18-6-17-32-27-19-21-9-11-23(27)12-10-21)22-13-15-25(16-14-22)33-20-28(31)29-24-7-4-3-5-8-24/h3-5,7-8,13-16,21,23,27H,2,6,9-12,17-20H2,1H3,(H,29,31)/b30-26+. The average Bonchev–Trinajstić information content (AvgIpc) is 2.89. The Labute approximate surface area is 202 Å². The number of hydrogen-bond acceptors (Lipinski definition) is 5. The summed E-state index contributed by atoms with van der Waals surface area (Å²) >= 11 is 0. The predicted octanol–water partition coefficient (Wildman–Crippen LogP) is 5.82. The molecule has 0 radical (unpaired) electrons. The molecule has 0 aromatic heterocycles. The zero-order chi connectivity index (χ0) is 23.6. The summed E-state index contributed by atoms with van der Waals surface area (Å²) < 4.78 is 11.8. The largest absolute Gasteiger partial charge is 0.484 e. The van der Waals surface area contributed by atoms with Crippen molar-refractivity contribution in [1.29, 1.82) is 0 Å². The Kier molecular flexibility index (Phi) is 8.97. The topological polar surface area (TPSA) is 69.1 Å². The second-order valence-corrected chi connectivity index (χ2v) is 9.23. The summed E-state index contributed by atoms with van der Waals surface area (Å²) in [5, 5.41) is 7.15. The number of amides is 1. The minimum Gasteiger partial charge on any atom is -0.484 e. The molecule has 3 fully saturated rings. The summed E-state index contributed by atoms with van der Waals surface area (Å²) in [6, 6.07) is 16.9. The Hall–Kier alpha value is -2.86. The molecule has 3 aliphatic rings. The van der Waals surface area contributed by atoms with Crippen LogP contribution in [0, 0.1) is 11.8 Å². The second kappa shape index (κ2) is 12.6. The highest BCUT2D eigenvalue weighted by Gasteiger charge is 2.35. The molecule has 6 heteroatoms. The van der Waals surface area contributed by atoms with Crippen molar-refractivity contribution in [3.05, 3.63) is 60.2 Å². The van der Waals surface area contributed by atoms with Gasteiger partial charge in [0, 0.05) is 12.1 Å². The minimum atomic E-state index is -0.195. The maximum Gasteiger partial charge on any atom is 0.262 e. The van der Waals surface area contributed by atoms with E-state index in [1.807, 2.05) is 54.6 Å². The Bertz CT molecular complexity index is 921. The maximum absolute atomic E-state index is 12.0. The molecular weight excluding hydrogens is 428 g/mol. The van der Waals surface area contributed by atoms with Crippen molar-refractivity contribution >= 4 is 17.3 Å². The van der Waals surface area contributed by atoms with Crippen molar-refractivity contribution in [2.75, 3.05) is 25.1 Å². The first-order valence-electron chi connectivity index (χ1n) is 12.6. The van der Waals surface area contributed by atoms with Crippen LogP contribution in [0.15, 0.2) is 59.8 Å². The summed E-state index contributed by atoms with van der Waals surface area (Å²) in [5.41, 5.74) is 2.62. The average molecular weight is 465 g/mol. The molecule has 0 aliphatic heterocycles. The van der Waals surface area contributed by atoms with Gasteiger partial charge < -0.3 is 19.6 Å². The lowest BCUT2D eigenvalue weighted by atomic mass is 9.69. The van der Waals surface area contributed by atoms with Crippen LogP contribution in [-0.4, -0.2) is 37.5 Å². The Morgan fingerprint density at radius 3 is 2.44 bits per heavy atom. The van der Waals surface area contributed by atoms with E-state index in [0.29, 0.717) is 18.5 Å². The normalized spacial score (nSPS) is 21.8. The number of para-hydroxylation sites is 1. The van der Waals surface area contributed by atoms with Crippen LogP contribution in [0.4, 0.5) is 5.69 Å². The molecule has 182 valence electrons. The van der Waals surface area contributed by atoms with E-state index in [2.05, 4.69) is 17.4 Å². The molecule has 1 N–H and O–H groups in total. The molecule has 3 saturated carbocycles. The Balaban J connectivity index is 1.15. The summed E-state index contributed by atoms with van der Waals surface area (Å²) in [7, 11) is 0. The molecule has 1 unspecified atom stereocenters. The van der Waals surface area contributed by atoms with Crippen molar-refractivity contribution in [2.24, 2.45) is 17.0 Å². The van der Waals surface area contributed by atoms with Gasteiger partial charge in [-0.05, 0) is 92.3 Å². The summed E-state index contributed by atoms with van der Waals surface area (Å²) in [6.45, 7) is 3.31. The molecule has 2 aromatic rings. The van der Waals surface area contributed by atoms with Crippen LogP contribution in [0.25, 0.3) is 0 Å². The lowest BCUT2D eigenvalue weighted by molar-refractivity contribution is -0.118. The monoisotopic (exact) mass is 464 g/mol. The van der Waals surface area contributed by atoms with E-state index in [9.17, 15) is 4.79 Å². The number of hydrogen-bond donors (Lipinski definition) is 1. The molecule has 2 bridgehead atoms. The van der Waals surface area contributed by atoms with Crippen molar-refractivity contribution in [3.8, 4) is 5.75 Å². The number of benzene rings is 2. The first-order valence-corrected chi connectivity index (χ1v) is 12.6. The molecule has 34 heavy (non-hydrogen) atoms. The third-order valence-electron chi connectivity index (χ3n) is 6.82. The number of carbonyl (C=O) groups is 1. The number of anilines is 1. The number of carbonyl (C=O) groups excluding carboxylic acids is 1. The number of rotatable bonds is 12. The highest BCUT2D eigenvalue weighted by molar-refractivity contribution is 6.00. The van der Waals surface area contributed by atoms with Gasteiger partial charge in [0.15, 0.2) is 6.61 Å². The lowest BCUT2D eigenvalue weighted by Crippen LogP contribution is -2.37. The molecule has 1 amide bonds. The fraction of sp³-hybridized carbons (Fsp3) is 0.500. The second-order valence-electron chi connectivity index (χ2n) is 9.23. The van der Waals surface area contributed by atoms with Crippen molar-refractivity contribution in [1.82, 2.24) is 0 Å². The zero-order valence-electron chi connectivity index (χ0n) is 20.1. The van der Waals surface area contributed by atoms with Crippen LogP contribution in [-0.2, 0) is 14.4 Å². The number of ether oxygens (including phenoxy) is 2. The zero-order valence-corrected chi connectivity index (χ0v) is 20.1. The van der Waals surface area contributed by atoms with E-state index in [1.165, 1.54) is 32.1 Å². The maximum atomic E-state index is 12.0. The Morgan fingerprint density at radius 1 is 1.00 bits per heavy atom. The fourth-order valence-electron chi connectivity index (χ4n) is 4.93. The van der Waals surface area contributed by atoms with E-state index in [-0.39, 0.29) is 12.5 Å². The molecule has 5 rings (SSSR count). The first kappa shape index (κ1) is 24.3. The van der Waals surface area contributed by atoms with Gasteiger partial charge in [-0.25, -0.2) is 0 Å². The lowest BCUT2D eigenvalue weighted by Gasteiger charge is -2.42. The molecule has 2 aromatic carbocycles. The van der Waals surface area contributed by atoms with Gasteiger partial charge in [-0.15, -0.1) is 0 Å². The van der Waals surface area contributed by atoms with Gasteiger partial charge >= 0.3 is 0 Å². The first-order chi connectivity index (χ1) is 16.7. The molecule has 0 saturated heterocycles. The fourth-order valence-corrected chi connectivity index (χ4v) is 4.93. The number of oxime groups is 1. The highest BCUT2D eigenvalue weighted by atomic mass is 16.6. The van der Waals surface area contributed by atoms with Crippen LogP contribution in [0.5, 0.6) is 5.75 Å². The molecule has 0 spiro atoms. The molecular formula is C28H36N2O4. The Morgan fingerprint density at radius 2 is 1.76 bits per heavy atom. The predicted molar refractivity (Wildman–Crippen MR) is 134 cm³/mol. The van der Waals surface area contributed by atoms with Gasteiger partial charge in [-0.1, -0.05) is 30.3 Å². The van der Waals surface area contributed by atoms with Crippen molar-refractivity contribution < 1.29 is 19.1 Å². The number of nitrogens with zero attached hydrogens (tertiary/aromatic N) is 1. The molecule has 3 aliphatic carbocycles. The summed E-state index contributed by atoms with van der Waals surface area (Å²) in [4.78, 5) is 17.6. The molecule has 1 atom stereocenters. The number of fused-ring (bicyclic) bond motifs is 3. The SMILES string of the molecule is CC/C(=N\OCCCOC1CC2CCC1CC2)c1ccc(OCC(=O)Nc2ccccc2)cc1. The van der Waals surface area contributed by atoms with Crippen molar-refractivity contribution in [3.63, 3.8) is 0 Å². The van der Waals surface area contributed by atoms with Gasteiger partial charge in [-0.2, -0.15) is 0 Å². The smallest absolute Gasteiger partial charge is 0.262 e. The van der Waals surface area contributed by atoms with E-state index in [4.69, 9.17) is 14.3 Å². The third kappa shape index (κ3) is 7.07. The highest BCUT2D eigenvalue weighted by Crippen LogP contribution is 2.42. The van der Waals surface area contributed by atoms with Gasteiger partial charge in [0.25, 0.3) is 5.91 Å². The van der Waals surface area contributed by atoms with Gasteiger partial charge in [0.05, 0.1) is 18.4 Å². The van der Waals surface area contributed by atoms with E-state index >= 15 is 0 Å². The summed E-state index contributed by atoms with van der Waals surface area (Å²) in [6.07, 6.45) is 8.83. The van der Waals surface area contributed by atoms with Gasteiger partial charge in [0.2, 0.25) is 0 Å². The quantitative estimate of drug-likeness (QED) is 0.244. The summed E-state index contributed by atoms with van der Waals surface area (Å²) in [5.74, 6) is 2.11. The van der Waals surface area contributed by atoms with Crippen molar-refractivity contribution in [2.45, 2.75) is 58.0 Å². The molecule has 0 heterocycles. The minimum absolute atomic E-state index is 0.0452. The van der Waals surface area contributed by atoms with Crippen LogP contribution >= 0.6 is 0 Å². The third-order valence-corrected chi connectivity index (χ3v) is 6.82. The van der Waals surface area contributed by atoms with Crippen LogP contribution in [0.2, 0.25) is 0 Å². The van der Waals surface area contributed by atoms with Gasteiger partial charge in [-0.3, -0.25) is 4.79 Å². The van der Waals surface area contributed by atoms with Crippen LogP contribution in [0.1, 0.15) is 57.4 Å². The van der Waals surface area contributed by atoms with E-state index in [0.717, 1.165) is 48.2 Å².